The van der Waals surface area contributed by atoms with Gasteiger partial charge < -0.3 is 19.5 Å². The molecule has 0 amide bonds. The van der Waals surface area contributed by atoms with Crippen molar-refractivity contribution in [1.29, 1.82) is 0 Å². The minimum absolute atomic E-state index is 0.216. The van der Waals surface area contributed by atoms with E-state index in [1.165, 1.54) is 21.3 Å². The zero-order valence-electron chi connectivity index (χ0n) is 13.5. The average molecular weight is 350 g/mol. The van der Waals surface area contributed by atoms with Crippen LogP contribution >= 0.6 is 0 Å². The van der Waals surface area contributed by atoms with Crippen LogP contribution in [0.2, 0.25) is 0 Å². The SMILES string of the molecule is COc1cc([C@H]2Nc3ccccc3S(=O)(=O)N2)cc(OC)c1OC. The molecule has 8 heteroatoms. The number of hydrogen-bond donors (Lipinski definition) is 2. The van der Waals surface area contributed by atoms with E-state index in [1.54, 1.807) is 36.4 Å². The number of sulfonamides is 1. The van der Waals surface area contributed by atoms with E-state index in [2.05, 4.69) is 10.0 Å². The van der Waals surface area contributed by atoms with Crippen molar-refractivity contribution in [2.75, 3.05) is 26.6 Å². The van der Waals surface area contributed by atoms with Crippen LogP contribution in [-0.2, 0) is 10.0 Å². The standard InChI is InChI=1S/C16H18N2O5S/c1-21-12-8-10(9-13(22-2)15(12)23-3)16-17-11-6-4-5-7-14(11)24(19,20)18-16/h4-9,16-18H,1-3H3/t16-/m0/s1. The third-order valence-corrected chi connectivity index (χ3v) is 5.25. The first kappa shape index (κ1) is 16.4. The predicted molar refractivity (Wildman–Crippen MR) is 89.2 cm³/mol. The normalized spacial score (nSPS) is 18.2. The molecule has 0 unspecified atom stereocenters. The van der Waals surface area contributed by atoms with Gasteiger partial charge in [0.15, 0.2) is 11.5 Å². The van der Waals surface area contributed by atoms with E-state index in [1.807, 2.05) is 0 Å². The summed E-state index contributed by atoms with van der Waals surface area (Å²) in [5.74, 6) is 1.35. The van der Waals surface area contributed by atoms with Gasteiger partial charge in [0.2, 0.25) is 15.8 Å². The van der Waals surface area contributed by atoms with Crippen molar-refractivity contribution < 1.29 is 22.6 Å². The molecule has 128 valence electrons. The highest BCUT2D eigenvalue weighted by molar-refractivity contribution is 7.89. The number of hydrogen-bond acceptors (Lipinski definition) is 6. The second-order valence-electron chi connectivity index (χ2n) is 5.15. The molecule has 0 fully saturated rings. The van der Waals surface area contributed by atoms with Gasteiger partial charge in [-0.3, -0.25) is 0 Å². The Morgan fingerprint density at radius 2 is 1.58 bits per heavy atom. The molecule has 1 heterocycles. The fraction of sp³-hybridized carbons (Fsp3) is 0.250. The Morgan fingerprint density at radius 3 is 2.17 bits per heavy atom. The number of ether oxygens (including phenoxy) is 3. The predicted octanol–water partition coefficient (Wildman–Crippen LogP) is 2.12. The Labute approximate surface area is 140 Å². The molecule has 2 aromatic carbocycles. The van der Waals surface area contributed by atoms with E-state index in [4.69, 9.17) is 14.2 Å². The quantitative estimate of drug-likeness (QED) is 0.878. The lowest BCUT2D eigenvalue weighted by Gasteiger charge is -2.29. The summed E-state index contributed by atoms with van der Waals surface area (Å²) in [6, 6.07) is 10.1. The maximum Gasteiger partial charge on any atom is 0.244 e. The lowest BCUT2D eigenvalue weighted by molar-refractivity contribution is 0.323. The van der Waals surface area contributed by atoms with Crippen LogP contribution < -0.4 is 24.2 Å². The average Bonchev–Trinajstić information content (AvgIpc) is 2.59. The second-order valence-corrected chi connectivity index (χ2v) is 6.84. The van der Waals surface area contributed by atoms with Crippen molar-refractivity contribution in [2.45, 2.75) is 11.1 Å². The molecule has 0 aromatic heterocycles. The Kier molecular flexibility index (Phi) is 4.25. The molecule has 0 spiro atoms. The van der Waals surface area contributed by atoms with Crippen molar-refractivity contribution >= 4 is 15.7 Å². The Bertz CT molecular complexity index is 842. The molecule has 0 aliphatic carbocycles. The van der Waals surface area contributed by atoms with Gasteiger partial charge in [0, 0.05) is 0 Å². The highest BCUT2D eigenvalue weighted by Gasteiger charge is 2.30. The molecular formula is C16H18N2O5S. The number of nitrogens with one attached hydrogen (secondary N) is 2. The van der Waals surface area contributed by atoms with Crippen molar-refractivity contribution in [3.8, 4) is 17.2 Å². The van der Waals surface area contributed by atoms with Gasteiger partial charge in [0.05, 0.1) is 27.0 Å². The summed E-state index contributed by atoms with van der Waals surface area (Å²) in [5.41, 5.74) is 1.18. The smallest absolute Gasteiger partial charge is 0.244 e. The molecule has 3 rings (SSSR count). The summed E-state index contributed by atoms with van der Waals surface area (Å²) < 4.78 is 43.4. The van der Waals surface area contributed by atoms with E-state index < -0.39 is 16.2 Å². The molecule has 1 aliphatic heterocycles. The van der Waals surface area contributed by atoms with Gasteiger partial charge in [-0.25, -0.2) is 8.42 Å². The van der Waals surface area contributed by atoms with E-state index in [0.717, 1.165) is 0 Å². The number of methoxy groups -OCH3 is 3. The number of anilines is 1. The van der Waals surface area contributed by atoms with Crippen LogP contribution in [0, 0.1) is 0 Å². The number of benzene rings is 2. The maximum absolute atomic E-state index is 12.5. The van der Waals surface area contributed by atoms with Crippen molar-refractivity contribution in [1.82, 2.24) is 4.72 Å². The highest BCUT2D eigenvalue weighted by atomic mass is 32.2. The van der Waals surface area contributed by atoms with E-state index in [9.17, 15) is 8.42 Å². The number of rotatable bonds is 4. The molecule has 2 N–H and O–H groups in total. The molecule has 2 aromatic rings. The first-order chi connectivity index (χ1) is 11.5. The zero-order valence-corrected chi connectivity index (χ0v) is 14.3. The van der Waals surface area contributed by atoms with Gasteiger partial charge >= 0.3 is 0 Å². The molecule has 0 saturated carbocycles. The fourth-order valence-electron chi connectivity index (χ4n) is 2.64. The van der Waals surface area contributed by atoms with Crippen LogP contribution in [0.1, 0.15) is 11.7 Å². The lowest BCUT2D eigenvalue weighted by Crippen LogP contribution is -2.38. The van der Waals surface area contributed by atoms with Crippen LogP contribution in [0.3, 0.4) is 0 Å². The monoisotopic (exact) mass is 350 g/mol. The van der Waals surface area contributed by atoms with Crippen molar-refractivity contribution in [3.05, 3.63) is 42.0 Å². The first-order valence-corrected chi connectivity index (χ1v) is 8.66. The minimum Gasteiger partial charge on any atom is -0.493 e. The van der Waals surface area contributed by atoms with E-state index >= 15 is 0 Å². The van der Waals surface area contributed by atoms with Gasteiger partial charge in [-0.2, -0.15) is 4.72 Å². The second kappa shape index (κ2) is 6.21. The lowest BCUT2D eigenvalue weighted by atomic mass is 10.1. The molecule has 7 nitrogen and oxygen atoms in total. The van der Waals surface area contributed by atoms with Crippen LogP contribution in [0.25, 0.3) is 0 Å². The molecule has 1 atom stereocenters. The molecular weight excluding hydrogens is 332 g/mol. The fourth-order valence-corrected chi connectivity index (χ4v) is 3.95. The number of para-hydroxylation sites is 1. The van der Waals surface area contributed by atoms with Gasteiger partial charge in [0.1, 0.15) is 11.1 Å². The Hall–Kier alpha value is -2.45. The largest absolute Gasteiger partial charge is 0.493 e. The van der Waals surface area contributed by atoms with E-state index in [-0.39, 0.29) is 4.90 Å². The van der Waals surface area contributed by atoms with Gasteiger partial charge in [-0.05, 0) is 29.8 Å². The molecule has 0 bridgehead atoms. The summed E-state index contributed by atoms with van der Waals surface area (Å²) in [6.07, 6.45) is -0.654. The summed E-state index contributed by atoms with van der Waals surface area (Å²) >= 11 is 0. The third kappa shape index (κ3) is 2.74. The molecule has 0 saturated heterocycles. The zero-order chi connectivity index (χ0) is 17.3. The molecule has 0 radical (unpaired) electrons. The van der Waals surface area contributed by atoms with Gasteiger partial charge in [-0.1, -0.05) is 12.1 Å². The topological polar surface area (TPSA) is 85.9 Å². The third-order valence-electron chi connectivity index (χ3n) is 3.77. The van der Waals surface area contributed by atoms with Crippen molar-refractivity contribution in [2.24, 2.45) is 0 Å². The van der Waals surface area contributed by atoms with Gasteiger partial charge in [-0.15, -0.1) is 0 Å². The number of fused-ring (bicyclic) bond motifs is 1. The Morgan fingerprint density at radius 1 is 0.958 bits per heavy atom. The summed E-state index contributed by atoms with van der Waals surface area (Å²) in [4.78, 5) is 0.216. The maximum atomic E-state index is 12.5. The first-order valence-electron chi connectivity index (χ1n) is 7.18. The van der Waals surface area contributed by atoms with Crippen LogP contribution in [-0.4, -0.2) is 29.7 Å². The van der Waals surface area contributed by atoms with Crippen LogP contribution in [0.4, 0.5) is 5.69 Å². The molecule has 1 aliphatic rings. The van der Waals surface area contributed by atoms with Crippen molar-refractivity contribution in [3.63, 3.8) is 0 Å². The Balaban J connectivity index is 2.08. The highest BCUT2D eigenvalue weighted by Crippen LogP contribution is 2.41. The van der Waals surface area contributed by atoms with Gasteiger partial charge in [0.25, 0.3) is 0 Å². The minimum atomic E-state index is -3.62. The summed E-state index contributed by atoms with van der Waals surface area (Å²) in [5, 5.41) is 3.17. The molecule has 24 heavy (non-hydrogen) atoms. The summed E-state index contributed by atoms with van der Waals surface area (Å²) in [6.45, 7) is 0. The van der Waals surface area contributed by atoms with E-state index in [0.29, 0.717) is 28.5 Å². The van der Waals surface area contributed by atoms with Crippen LogP contribution in [0.5, 0.6) is 17.2 Å². The summed E-state index contributed by atoms with van der Waals surface area (Å²) in [7, 11) is 0.910. The van der Waals surface area contributed by atoms with Crippen LogP contribution in [0.15, 0.2) is 41.3 Å².